The highest BCUT2D eigenvalue weighted by atomic mass is 19.4. The van der Waals surface area contributed by atoms with Crippen molar-refractivity contribution in [1.29, 1.82) is 0 Å². The third kappa shape index (κ3) is 3.88. The average Bonchev–Trinajstić information content (AvgIpc) is 3.06. The Balaban J connectivity index is 1.82. The molecule has 0 fully saturated rings. The third-order valence-corrected chi connectivity index (χ3v) is 3.61. The molecule has 0 aliphatic rings. The highest BCUT2D eigenvalue weighted by Gasteiger charge is 2.39. The van der Waals surface area contributed by atoms with Crippen LogP contribution >= 0.6 is 0 Å². The Labute approximate surface area is 146 Å². The molecule has 7 heteroatoms. The van der Waals surface area contributed by atoms with Gasteiger partial charge in [-0.25, -0.2) is 4.79 Å². The number of aromatic carboxylic acids is 1. The molecule has 134 valence electrons. The van der Waals surface area contributed by atoms with E-state index in [9.17, 15) is 18.0 Å². The van der Waals surface area contributed by atoms with Crippen LogP contribution in [0.15, 0.2) is 65.1 Å². The first-order valence-corrected chi connectivity index (χ1v) is 7.56. The largest absolute Gasteiger partial charge is 0.489 e. The first-order chi connectivity index (χ1) is 12.3. The molecule has 2 aromatic carbocycles. The van der Waals surface area contributed by atoms with Crippen LogP contribution in [0.25, 0.3) is 11.1 Å². The van der Waals surface area contributed by atoms with E-state index in [0.717, 1.165) is 17.2 Å². The van der Waals surface area contributed by atoms with Crippen molar-refractivity contribution in [2.24, 2.45) is 0 Å². The fourth-order valence-corrected chi connectivity index (χ4v) is 2.44. The van der Waals surface area contributed by atoms with Gasteiger partial charge in [0.2, 0.25) is 11.5 Å². The van der Waals surface area contributed by atoms with Crippen molar-refractivity contribution in [2.75, 3.05) is 0 Å². The van der Waals surface area contributed by atoms with Gasteiger partial charge in [-0.15, -0.1) is 0 Å². The van der Waals surface area contributed by atoms with Crippen LogP contribution in [0.5, 0.6) is 5.75 Å². The lowest BCUT2D eigenvalue weighted by Gasteiger charge is -2.09. The number of carbonyl (C=O) groups is 1. The maximum Gasteiger partial charge on any atom is 0.449 e. The number of ether oxygens (including phenoxy) is 1. The molecule has 0 saturated heterocycles. The van der Waals surface area contributed by atoms with E-state index >= 15 is 0 Å². The molecule has 3 aromatic rings. The molecule has 0 radical (unpaired) electrons. The minimum Gasteiger partial charge on any atom is -0.489 e. The van der Waals surface area contributed by atoms with E-state index in [1.807, 2.05) is 36.4 Å². The molecule has 3 rings (SSSR count). The zero-order valence-electron chi connectivity index (χ0n) is 13.3. The third-order valence-electron chi connectivity index (χ3n) is 3.61. The van der Waals surface area contributed by atoms with Gasteiger partial charge in [-0.3, -0.25) is 0 Å². The van der Waals surface area contributed by atoms with Gasteiger partial charge in [-0.2, -0.15) is 13.2 Å². The zero-order chi connectivity index (χ0) is 18.7. The lowest BCUT2D eigenvalue weighted by atomic mass is 10.1. The Morgan fingerprint density at radius 1 is 1.00 bits per heavy atom. The number of hydrogen-bond donors (Lipinski definition) is 1. The molecule has 1 heterocycles. The second-order valence-corrected chi connectivity index (χ2v) is 5.45. The summed E-state index contributed by atoms with van der Waals surface area (Å²) in [5.41, 5.74) is 1.41. The Morgan fingerprint density at radius 2 is 1.69 bits per heavy atom. The summed E-state index contributed by atoms with van der Waals surface area (Å²) in [6, 6.07) is 17.1. The normalized spacial score (nSPS) is 11.3. The number of alkyl halides is 3. The van der Waals surface area contributed by atoms with Gasteiger partial charge in [-0.05, 0) is 29.3 Å². The van der Waals surface area contributed by atoms with Crippen molar-refractivity contribution in [2.45, 2.75) is 12.8 Å². The summed E-state index contributed by atoms with van der Waals surface area (Å²) in [6.45, 7) is -0.468. The minimum absolute atomic E-state index is 0.359. The van der Waals surface area contributed by atoms with Crippen molar-refractivity contribution in [3.8, 4) is 16.9 Å². The van der Waals surface area contributed by atoms with Crippen LogP contribution in [-0.2, 0) is 12.8 Å². The van der Waals surface area contributed by atoms with E-state index in [1.54, 1.807) is 18.2 Å². The van der Waals surface area contributed by atoms with E-state index in [0.29, 0.717) is 5.75 Å². The van der Waals surface area contributed by atoms with Crippen LogP contribution in [0.3, 0.4) is 0 Å². The monoisotopic (exact) mass is 362 g/mol. The van der Waals surface area contributed by atoms with E-state index in [2.05, 4.69) is 4.42 Å². The molecule has 1 N–H and O–H groups in total. The Kier molecular flexibility index (Phi) is 4.71. The number of furan rings is 1. The van der Waals surface area contributed by atoms with Crippen molar-refractivity contribution < 1.29 is 32.2 Å². The topological polar surface area (TPSA) is 59.7 Å². The highest BCUT2D eigenvalue weighted by molar-refractivity contribution is 5.84. The Bertz CT molecular complexity index is 914. The average molecular weight is 362 g/mol. The maximum absolute atomic E-state index is 13.0. The van der Waals surface area contributed by atoms with E-state index < -0.39 is 30.3 Å². The fraction of sp³-hybridized carbons (Fsp3) is 0.105. The first kappa shape index (κ1) is 17.6. The number of rotatable bonds is 5. The molecule has 0 bridgehead atoms. The molecular formula is C19H13F3O4. The number of benzene rings is 2. The van der Waals surface area contributed by atoms with Crippen LogP contribution in [0, 0.1) is 0 Å². The molecule has 4 nitrogen and oxygen atoms in total. The summed E-state index contributed by atoms with van der Waals surface area (Å²) < 4.78 is 48.8. The molecule has 0 aliphatic carbocycles. The minimum atomic E-state index is -4.81. The summed E-state index contributed by atoms with van der Waals surface area (Å²) in [7, 11) is 0. The quantitative estimate of drug-likeness (QED) is 0.674. The van der Waals surface area contributed by atoms with Gasteiger partial charge in [0.25, 0.3) is 0 Å². The molecule has 26 heavy (non-hydrogen) atoms. The van der Waals surface area contributed by atoms with Gasteiger partial charge in [0.05, 0.1) is 0 Å². The summed E-state index contributed by atoms with van der Waals surface area (Å²) in [4.78, 5) is 10.9. The van der Waals surface area contributed by atoms with Crippen LogP contribution in [0.1, 0.15) is 21.9 Å². The van der Waals surface area contributed by atoms with Crippen molar-refractivity contribution in [1.82, 2.24) is 0 Å². The summed E-state index contributed by atoms with van der Waals surface area (Å²) in [5.74, 6) is -3.37. The highest BCUT2D eigenvalue weighted by Crippen LogP contribution is 2.35. The summed E-state index contributed by atoms with van der Waals surface area (Å²) >= 11 is 0. The summed E-state index contributed by atoms with van der Waals surface area (Å²) in [6.07, 6.45) is -4.81. The summed E-state index contributed by atoms with van der Waals surface area (Å²) in [5, 5.41) is 8.83. The molecule has 1 aromatic heterocycles. The fourth-order valence-electron chi connectivity index (χ4n) is 2.44. The Morgan fingerprint density at radius 3 is 2.35 bits per heavy atom. The predicted octanol–water partition coefficient (Wildman–Crippen LogP) is 5.24. The van der Waals surface area contributed by atoms with E-state index in [-0.39, 0.29) is 5.56 Å². The second-order valence-electron chi connectivity index (χ2n) is 5.45. The molecule has 0 unspecified atom stereocenters. The van der Waals surface area contributed by atoms with Crippen LogP contribution < -0.4 is 4.74 Å². The van der Waals surface area contributed by atoms with Gasteiger partial charge in [0, 0.05) is 5.56 Å². The number of carboxylic acids is 1. The lowest BCUT2D eigenvalue weighted by molar-refractivity contribution is -0.154. The van der Waals surface area contributed by atoms with E-state index in [1.165, 1.54) is 0 Å². The van der Waals surface area contributed by atoms with Crippen molar-refractivity contribution in [3.05, 3.63) is 77.7 Å². The van der Waals surface area contributed by atoms with Gasteiger partial charge in [0.1, 0.15) is 12.4 Å². The Hall–Kier alpha value is -3.22. The lowest BCUT2D eigenvalue weighted by Crippen LogP contribution is -2.08. The predicted molar refractivity (Wildman–Crippen MR) is 86.9 cm³/mol. The van der Waals surface area contributed by atoms with Crippen LogP contribution in [-0.4, -0.2) is 11.1 Å². The zero-order valence-corrected chi connectivity index (χ0v) is 13.3. The number of halogens is 3. The molecule has 0 spiro atoms. The number of carboxylic acid groups (broad SMARTS) is 1. The molecule has 0 saturated carbocycles. The van der Waals surface area contributed by atoms with Crippen LogP contribution in [0.2, 0.25) is 0 Å². The van der Waals surface area contributed by atoms with E-state index in [4.69, 9.17) is 9.84 Å². The van der Waals surface area contributed by atoms with Gasteiger partial charge in [0.15, 0.2) is 0 Å². The molecule has 0 aliphatic heterocycles. The van der Waals surface area contributed by atoms with Crippen molar-refractivity contribution in [3.63, 3.8) is 0 Å². The van der Waals surface area contributed by atoms with Crippen molar-refractivity contribution >= 4 is 5.97 Å². The molecule has 0 atom stereocenters. The molecule has 0 amide bonds. The standard InChI is InChI=1S/C19H13F3O4/c20-19(21,22)17-14(10-16(26-17)18(23)24)11-25-15-8-4-7-13(9-15)12-5-2-1-3-6-12/h1-10H,11H2,(H,23,24). The SMILES string of the molecule is O=C(O)c1cc(COc2cccc(-c3ccccc3)c2)c(C(F)(F)F)o1. The molecular weight excluding hydrogens is 349 g/mol. The number of hydrogen-bond acceptors (Lipinski definition) is 3. The smallest absolute Gasteiger partial charge is 0.449 e. The maximum atomic E-state index is 13.0. The van der Waals surface area contributed by atoms with Gasteiger partial charge < -0.3 is 14.3 Å². The van der Waals surface area contributed by atoms with Gasteiger partial charge >= 0.3 is 12.1 Å². The first-order valence-electron chi connectivity index (χ1n) is 7.56. The second kappa shape index (κ2) is 6.95. The van der Waals surface area contributed by atoms with Crippen LogP contribution in [0.4, 0.5) is 13.2 Å². The van der Waals surface area contributed by atoms with Gasteiger partial charge in [-0.1, -0.05) is 42.5 Å².